The molecule has 0 aliphatic heterocycles. The van der Waals surface area contributed by atoms with Gasteiger partial charge in [-0.1, -0.05) is 154 Å². The minimum atomic E-state index is -1.51. The molecule has 8 heteroatoms. The molecule has 53 heavy (non-hydrogen) atoms. The maximum atomic E-state index is 10.2. The number of unbranched alkanes of at least 4 members (excludes halogenated alkanes) is 3. The molecule has 0 saturated heterocycles. The molecule has 0 aromatic heterocycles. The van der Waals surface area contributed by atoms with E-state index in [9.17, 15) is 20.1 Å². The van der Waals surface area contributed by atoms with Crippen LogP contribution in [0.1, 0.15) is 55.4 Å². The van der Waals surface area contributed by atoms with Crippen LogP contribution in [0.4, 0.5) is 0 Å². The highest BCUT2D eigenvalue weighted by atomic mass is 16.4. The molecular formula is C45H50B2N2O4. The maximum Gasteiger partial charge on any atom is 0.488 e. The van der Waals surface area contributed by atoms with Crippen LogP contribution in [-0.4, -0.2) is 57.2 Å². The quantitative estimate of drug-likeness (QED) is 0.0472. The first-order valence-electron chi connectivity index (χ1n) is 18.5. The standard InChI is InChI=1S/C44H46B2N2O4.CH4/c49-45(50)41-19-8-6-15-38(41)31-47(29-33-13-4-3-5-14-33)27-10-1-2-11-28-48(32-39-16-7-9-20-42(39)46(51)52)30-37-24-23-36-22-21-34-17-12-18-35-25-26-40(37)44(36)43(34)35;/h3-9,12-26,49-52H,1-2,10-11,27-32H2;1H4. The van der Waals surface area contributed by atoms with Gasteiger partial charge in [-0.3, -0.25) is 9.80 Å². The summed E-state index contributed by atoms with van der Waals surface area (Å²) in [6.07, 6.45) is 4.21. The van der Waals surface area contributed by atoms with Gasteiger partial charge < -0.3 is 20.1 Å². The van der Waals surface area contributed by atoms with Crippen LogP contribution >= 0.6 is 0 Å². The highest BCUT2D eigenvalue weighted by Gasteiger charge is 2.20. The molecule has 0 bridgehead atoms. The number of benzene rings is 7. The van der Waals surface area contributed by atoms with Gasteiger partial charge in [-0.05, 0) is 91.4 Å². The van der Waals surface area contributed by atoms with Crippen LogP contribution < -0.4 is 10.9 Å². The SMILES string of the molecule is C.OB(O)c1ccccc1CN(CCCCCCN(Cc1ccccc1B(O)O)Cc1ccc2ccc3cccc4ccc1c2c34)Cc1ccccc1. The third kappa shape index (κ3) is 9.17. The van der Waals surface area contributed by atoms with Crippen molar-refractivity contribution in [2.45, 2.75) is 59.3 Å². The Labute approximate surface area is 314 Å². The van der Waals surface area contributed by atoms with Crippen LogP contribution in [0.5, 0.6) is 0 Å². The summed E-state index contributed by atoms with van der Waals surface area (Å²) in [6.45, 7) is 4.60. The van der Waals surface area contributed by atoms with Gasteiger partial charge in [-0.15, -0.1) is 0 Å². The van der Waals surface area contributed by atoms with Crippen LogP contribution in [-0.2, 0) is 26.2 Å². The fraction of sp³-hybridized carbons (Fsp3) is 0.244. The summed E-state index contributed by atoms with van der Waals surface area (Å²) < 4.78 is 0. The fourth-order valence-electron chi connectivity index (χ4n) is 7.81. The highest BCUT2D eigenvalue weighted by molar-refractivity contribution is 6.59. The first-order valence-corrected chi connectivity index (χ1v) is 18.5. The van der Waals surface area contributed by atoms with E-state index in [2.05, 4.69) is 88.7 Å². The average molecular weight is 705 g/mol. The average Bonchev–Trinajstić information content (AvgIpc) is 3.16. The molecule has 0 aliphatic carbocycles. The van der Waals surface area contributed by atoms with Crippen molar-refractivity contribution in [1.82, 2.24) is 9.80 Å². The second kappa shape index (κ2) is 18.0. The van der Waals surface area contributed by atoms with Crippen LogP contribution in [0.15, 0.2) is 133 Å². The largest absolute Gasteiger partial charge is 0.488 e. The topological polar surface area (TPSA) is 87.4 Å². The zero-order valence-electron chi connectivity index (χ0n) is 29.6. The number of hydrogen-bond donors (Lipinski definition) is 4. The molecule has 7 rings (SSSR count). The molecule has 0 unspecified atom stereocenters. The second-order valence-electron chi connectivity index (χ2n) is 14.0. The number of hydrogen-bond acceptors (Lipinski definition) is 6. The second-order valence-corrected chi connectivity index (χ2v) is 14.0. The molecule has 0 aliphatic rings. The van der Waals surface area contributed by atoms with Gasteiger partial charge in [0.1, 0.15) is 0 Å². The highest BCUT2D eigenvalue weighted by Crippen LogP contribution is 2.36. The lowest BCUT2D eigenvalue weighted by molar-refractivity contribution is 0.240. The Balaban J connectivity index is 0.00000481. The van der Waals surface area contributed by atoms with Crippen LogP contribution in [0.3, 0.4) is 0 Å². The fourth-order valence-corrected chi connectivity index (χ4v) is 7.81. The summed E-state index contributed by atoms with van der Waals surface area (Å²) >= 11 is 0. The van der Waals surface area contributed by atoms with Gasteiger partial charge in [0.15, 0.2) is 0 Å². The van der Waals surface area contributed by atoms with E-state index in [0.717, 1.165) is 63.0 Å². The van der Waals surface area contributed by atoms with E-state index in [0.29, 0.717) is 24.0 Å². The van der Waals surface area contributed by atoms with Gasteiger partial charge in [-0.25, -0.2) is 0 Å². The maximum absolute atomic E-state index is 10.2. The van der Waals surface area contributed by atoms with E-state index in [1.807, 2.05) is 42.5 Å². The Morgan fingerprint density at radius 2 is 0.868 bits per heavy atom. The lowest BCUT2D eigenvalue weighted by Crippen LogP contribution is -2.36. The Morgan fingerprint density at radius 1 is 0.396 bits per heavy atom. The Morgan fingerprint density at radius 3 is 1.45 bits per heavy atom. The van der Waals surface area contributed by atoms with Crippen LogP contribution in [0.2, 0.25) is 0 Å². The van der Waals surface area contributed by atoms with Gasteiger partial charge in [0.2, 0.25) is 0 Å². The van der Waals surface area contributed by atoms with Crippen molar-refractivity contribution < 1.29 is 20.1 Å². The molecule has 6 nitrogen and oxygen atoms in total. The van der Waals surface area contributed by atoms with Gasteiger partial charge in [0.05, 0.1) is 0 Å². The van der Waals surface area contributed by atoms with Crippen LogP contribution in [0.25, 0.3) is 32.3 Å². The van der Waals surface area contributed by atoms with E-state index < -0.39 is 14.2 Å². The van der Waals surface area contributed by atoms with Crippen molar-refractivity contribution in [3.05, 3.63) is 156 Å². The van der Waals surface area contributed by atoms with E-state index in [1.165, 1.54) is 43.4 Å². The van der Waals surface area contributed by atoms with Gasteiger partial charge in [0, 0.05) is 26.2 Å². The summed E-state index contributed by atoms with van der Waals surface area (Å²) in [4.78, 5) is 4.85. The molecule has 0 amide bonds. The smallest absolute Gasteiger partial charge is 0.423 e. The first kappa shape index (κ1) is 38.2. The molecule has 7 aromatic rings. The molecule has 0 fully saturated rings. The molecule has 0 radical (unpaired) electrons. The third-order valence-electron chi connectivity index (χ3n) is 10.4. The summed E-state index contributed by atoms with van der Waals surface area (Å²) in [5, 5.41) is 48.0. The minimum Gasteiger partial charge on any atom is -0.423 e. The summed E-state index contributed by atoms with van der Waals surface area (Å²) in [7, 11) is -3.01. The third-order valence-corrected chi connectivity index (χ3v) is 10.4. The molecular weight excluding hydrogens is 654 g/mol. The predicted molar refractivity (Wildman–Crippen MR) is 223 cm³/mol. The Hall–Kier alpha value is -4.53. The summed E-state index contributed by atoms with van der Waals surface area (Å²) in [5.74, 6) is 0. The van der Waals surface area contributed by atoms with Gasteiger partial charge in [-0.2, -0.15) is 0 Å². The zero-order valence-corrected chi connectivity index (χ0v) is 29.6. The minimum absolute atomic E-state index is 0. The van der Waals surface area contributed by atoms with Crippen molar-refractivity contribution in [2.24, 2.45) is 0 Å². The van der Waals surface area contributed by atoms with Crippen molar-refractivity contribution in [2.75, 3.05) is 13.1 Å². The Kier molecular flexibility index (Phi) is 13.0. The molecule has 4 N–H and O–H groups in total. The summed E-state index contributed by atoms with van der Waals surface area (Å²) in [5.41, 5.74) is 5.49. The van der Waals surface area contributed by atoms with Crippen LogP contribution in [0, 0.1) is 0 Å². The van der Waals surface area contributed by atoms with Crippen molar-refractivity contribution >= 4 is 57.5 Å². The van der Waals surface area contributed by atoms with E-state index in [1.54, 1.807) is 12.1 Å². The summed E-state index contributed by atoms with van der Waals surface area (Å²) in [6, 6.07) is 45.6. The van der Waals surface area contributed by atoms with E-state index in [-0.39, 0.29) is 7.43 Å². The first-order chi connectivity index (χ1) is 25.4. The zero-order chi connectivity index (χ0) is 35.9. The molecule has 270 valence electrons. The molecule has 7 aromatic carbocycles. The Bertz CT molecular complexity index is 2200. The van der Waals surface area contributed by atoms with E-state index in [4.69, 9.17) is 0 Å². The lowest BCUT2D eigenvalue weighted by atomic mass is 9.77. The number of rotatable bonds is 17. The van der Waals surface area contributed by atoms with Gasteiger partial charge >= 0.3 is 14.2 Å². The van der Waals surface area contributed by atoms with Crippen molar-refractivity contribution in [3.8, 4) is 0 Å². The normalized spacial score (nSPS) is 11.6. The molecule has 0 atom stereocenters. The van der Waals surface area contributed by atoms with Crippen molar-refractivity contribution in [1.29, 1.82) is 0 Å². The number of nitrogens with zero attached hydrogens (tertiary/aromatic N) is 2. The predicted octanol–water partition coefficient (Wildman–Crippen LogP) is 6.84. The van der Waals surface area contributed by atoms with Gasteiger partial charge in [0.25, 0.3) is 0 Å². The monoisotopic (exact) mass is 704 g/mol. The van der Waals surface area contributed by atoms with Crippen molar-refractivity contribution in [3.63, 3.8) is 0 Å². The molecule has 0 spiro atoms. The molecule has 0 heterocycles. The lowest BCUT2D eigenvalue weighted by Gasteiger charge is -2.26. The molecule has 0 saturated carbocycles. The van der Waals surface area contributed by atoms with E-state index >= 15 is 0 Å².